The van der Waals surface area contributed by atoms with Gasteiger partial charge >= 0.3 is 0 Å². The van der Waals surface area contributed by atoms with Crippen molar-refractivity contribution in [1.82, 2.24) is 14.5 Å². The molecule has 1 unspecified atom stereocenters. The van der Waals surface area contributed by atoms with E-state index >= 15 is 0 Å². The van der Waals surface area contributed by atoms with Gasteiger partial charge in [0, 0.05) is 18.4 Å². The Balaban J connectivity index is 1.86. The number of anilines is 1. The summed E-state index contributed by atoms with van der Waals surface area (Å²) < 4.78 is 7.77. The quantitative estimate of drug-likeness (QED) is 0.892. The van der Waals surface area contributed by atoms with Crippen LogP contribution < -0.4 is 5.73 Å². The zero-order valence-corrected chi connectivity index (χ0v) is 10.1. The van der Waals surface area contributed by atoms with Gasteiger partial charge in [-0.1, -0.05) is 0 Å². The molecule has 1 aliphatic heterocycles. The SMILES string of the molecule is Nc1cc(-c2cncn2CC2CCCO2)ccn1. The van der Waals surface area contributed by atoms with Crippen molar-refractivity contribution in [2.75, 3.05) is 12.3 Å². The predicted octanol–water partition coefficient (Wildman–Crippen LogP) is 1.71. The van der Waals surface area contributed by atoms with E-state index in [9.17, 15) is 0 Å². The van der Waals surface area contributed by atoms with Gasteiger partial charge in [-0.05, 0) is 25.0 Å². The lowest BCUT2D eigenvalue weighted by atomic mass is 10.2. The molecular weight excluding hydrogens is 228 g/mol. The lowest BCUT2D eigenvalue weighted by Gasteiger charge is -2.13. The smallest absolute Gasteiger partial charge is 0.123 e. The average Bonchev–Trinajstić information content (AvgIpc) is 3.01. The van der Waals surface area contributed by atoms with Gasteiger partial charge in [0.1, 0.15) is 5.82 Å². The number of hydrogen-bond acceptors (Lipinski definition) is 4. The van der Waals surface area contributed by atoms with E-state index in [0.29, 0.717) is 11.9 Å². The second kappa shape index (κ2) is 4.78. The highest BCUT2D eigenvalue weighted by Gasteiger charge is 2.17. The van der Waals surface area contributed by atoms with Gasteiger partial charge < -0.3 is 15.0 Å². The molecule has 5 nitrogen and oxygen atoms in total. The Hall–Kier alpha value is -1.88. The molecular formula is C13H16N4O. The van der Waals surface area contributed by atoms with E-state index in [2.05, 4.69) is 14.5 Å². The summed E-state index contributed by atoms with van der Waals surface area (Å²) in [6.07, 6.45) is 7.98. The Morgan fingerprint density at radius 2 is 2.44 bits per heavy atom. The number of nitrogens with zero attached hydrogens (tertiary/aromatic N) is 3. The minimum absolute atomic E-state index is 0.303. The molecule has 94 valence electrons. The average molecular weight is 244 g/mol. The molecule has 1 fully saturated rings. The fourth-order valence-electron chi connectivity index (χ4n) is 2.32. The summed E-state index contributed by atoms with van der Waals surface area (Å²) in [5.74, 6) is 0.525. The van der Waals surface area contributed by atoms with Crippen LogP contribution in [0.5, 0.6) is 0 Å². The number of pyridine rings is 1. The maximum atomic E-state index is 5.71. The van der Waals surface area contributed by atoms with Gasteiger partial charge in [0.15, 0.2) is 0 Å². The van der Waals surface area contributed by atoms with Crippen molar-refractivity contribution >= 4 is 5.82 Å². The second-order valence-corrected chi connectivity index (χ2v) is 4.54. The first-order chi connectivity index (χ1) is 8.83. The van der Waals surface area contributed by atoms with E-state index in [4.69, 9.17) is 10.5 Å². The first kappa shape index (κ1) is 11.2. The molecule has 3 heterocycles. The van der Waals surface area contributed by atoms with Gasteiger partial charge in [-0.15, -0.1) is 0 Å². The molecule has 5 heteroatoms. The van der Waals surface area contributed by atoms with Crippen molar-refractivity contribution in [3.63, 3.8) is 0 Å². The molecule has 2 aromatic rings. The highest BCUT2D eigenvalue weighted by Crippen LogP contribution is 2.22. The Kier molecular flexibility index (Phi) is 2.98. The van der Waals surface area contributed by atoms with Crippen LogP contribution in [0.25, 0.3) is 11.3 Å². The molecule has 18 heavy (non-hydrogen) atoms. The van der Waals surface area contributed by atoms with Crippen LogP contribution in [0.2, 0.25) is 0 Å². The molecule has 1 saturated heterocycles. The molecule has 0 spiro atoms. The maximum Gasteiger partial charge on any atom is 0.123 e. The normalized spacial score (nSPS) is 19.2. The lowest BCUT2D eigenvalue weighted by molar-refractivity contribution is 0.0973. The fraction of sp³-hybridized carbons (Fsp3) is 0.385. The topological polar surface area (TPSA) is 66.0 Å². The minimum atomic E-state index is 0.303. The first-order valence-corrected chi connectivity index (χ1v) is 6.16. The third-order valence-corrected chi connectivity index (χ3v) is 3.21. The van der Waals surface area contributed by atoms with E-state index in [1.165, 1.54) is 0 Å². The Morgan fingerprint density at radius 1 is 1.50 bits per heavy atom. The second-order valence-electron chi connectivity index (χ2n) is 4.54. The predicted molar refractivity (Wildman–Crippen MR) is 68.8 cm³/mol. The van der Waals surface area contributed by atoms with Crippen LogP contribution in [-0.4, -0.2) is 27.2 Å². The van der Waals surface area contributed by atoms with Crippen LogP contribution in [0.3, 0.4) is 0 Å². The van der Waals surface area contributed by atoms with Crippen molar-refractivity contribution in [2.45, 2.75) is 25.5 Å². The van der Waals surface area contributed by atoms with Crippen molar-refractivity contribution < 1.29 is 4.74 Å². The lowest BCUT2D eigenvalue weighted by Crippen LogP contribution is -2.15. The van der Waals surface area contributed by atoms with Gasteiger partial charge in [0.05, 0.1) is 30.9 Å². The molecule has 0 radical (unpaired) electrons. The van der Waals surface area contributed by atoms with Gasteiger partial charge in [0.2, 0.25) is 0 Å². The molecule has 0 aliphatic carbocycles. The molecule has 3 rings (SSSR count). The number of aromatic nitrogens is 3. The van der Waals surface area contributed by atoms with Gasteiger partial charge in [-0.25, -0.2) is 9.97 Å². The van der Waals surface area contributed by atoms with Crippen molar-refractivity contribution in [2.24, 2.45) is 0 Å². The van der Waals surface area contributed by atoms with E-state index in [1.807, 2.05) is 24.7 Å². The van der Waals surface area contributed by atoms with Crippen LogP contribution in [0.15, 0.2) is 30.9 Å². The van der Waals surface area contributed by atoms with Crippen LogP contribution in [0.4, 0.5) is 5.82 Å². The summed E-state index contributed by atoms with van der Waals surface area (Å²) in [4.78, 5) is 8.22. The van der Waals surface area contributed by atoms with E-state index < -0.39 is 0 Å². The Bertz CT molecular complexity index is 531. The van der Waals surface area contributed by atoms with E-state index in [0.717, 1.165) is 37.3 Å². The number of ether oxygens (including phenoxy) is 1. The molecule has 2 N–H and O–H groups in total. The van der Waals surface area contributed by atoms with Crippen LogP contribution >= 0.6 is 0 Å². The largest absolute Gasteiger partial charge is 0.384 e. The summed E-state index contributed by atoms with van der Waals surface area (Å²) in [5, 5.41) is 0. The van der Waals surface area contributed by atoms with Crippen LogP contribution in [-0.2, 0) is 11.3 Å². The zero-order chi connectivity index (χ0) is 12.4. The van der Waals surface area contributed by atoms with Crippen molar-refractivity contribution in [3.05, 3.63) is 30.9 Å². The third kappa shape index (κ3) is 2.22. The summed E-state index contributed by atoms with van der Waals surface area (Å²) in [5.41, 5.74) is 7.81. The summed E-state index contributed by atoms with van der Waals surface area (Å²) in [7, 11) is 0. The van der Waals surface area contributed by atoms with Gasteiger partial charge in [-0.3, -0.25) is 0 Å². The molecule has 0 bridgehead atoms. The third-order valence-electron chi connectivity index (χ3n) is 3.21. The first-order valence-electron chi connectivity index (χ1n) is 6.16. The monoisotopic (exact) mass is 244 g/mol. The van der Waals surface area contributed by atoms with Crippen LogP contribution in [0, 0.1) is 0 Å². The summed E-state index contributed by atoms with van der Waals surface area (Å²) >= 11 is 0. The molecule has 0 aromatic carbocycles. The number of imidazole rings is 1. The number of rotatable bonds is 3. The van der Waals surface area contributed by atoms with Gasteiger partial charge in [0.25, 0.3) is 0 Å². The van der Waals surface area contributed by atoms with Crippen LogP contribution in [0.1, 0.15) is 12.8 Å². The summed E-state index contributed by atoms with van der Waals surface area (Å²) in [6, 6.07) is 3.81. The van der Waals surface area contributed by atoms with Crippen molar-refractivity contribution in [3.8, 4) is 11.3 Å². The molecule has 0 saturated carbocycles. The highest BCUT2D eigenvalue weighted by molar-refractivity contribution is 5.61. The van der Waals surface area contributed by atoms with Crippen molar-refractivity contribution in [1.29, 1.82) is 0 Å². The zero-order valence-electron chi connectivity index (χ0n) is 10.1. The number of nitrogen functional groups attached to an aromatic ring is 1. The molecule has 2 aromatic heterocycles. The molecule has 1 aliphatic rings. The fourth-order valence-corrected chi connectivity index (χ4v) is 2.32. The minimum Gasteiger partial charge on any atom is -0.384 e. The number of nitrogens with two attached hydrogens (primary N) is 1. The van der Waals surface area contributed by atoms with E-state index in [1.54, 1.807) is 6.20 Å². The molecule has 0 amide bonds. The summed E-state index contributed by atoms with van der Waals surface area (Å²) in [6.45, 7) is 1.72. The highest BCUT2D eigenvalue weighted by atomic mass is 16.5. The van der Waals surface area contributed by atoms with Gasteiger partial charge in [-0.2, -0.15) is 0 Å². The maximum absolute atomic E-state index is 5.71. The Morgan fingerprint density at radius 3 is 3.22 bits per heavy atom. The Labute approximate surface area is 106 Å². The standard InChI is InChI=1S/C13H16N4O/c14-13-6-10(3-4-16-13)12-7-15-9-17(12)8-11-2-1-5-18-11/h3-4,6-7,9,11H,1-2,5,8H2,(H2,14,16). The number of hydrogen-bond donors (Lipinski definition) is 1. The van der Waals surface area contributed by atoms with E-state index in [-0.39, 0.29) is 0 Å². The molecule has 1 atom stereocenters.